The molecule has 0 bridgehead atoms. The Kier molecular flexibility index (Phi) is 3.01. The van der Waals surface area contributed by atoms with Gasteiger partial charge in [0.15, 0.2) is 6.29 Å². The number of aromatic nitrogens is 3. The summed E-state index contributed by atoms with van der Waals surface area (Å²) in [5, 5.41) is 8.43. The van der Waals surface area contributed by atoms with Crippen molar-refractivity contribution in [3.05, 3.63) is 40.7 Å². The van der Waals surface area contributed by atoms with E-state index in [0.29, 0.717) is 17.1 Å². The van der Waals surface area contributed by atoms with Gasteiger partial charge in [0.05, 0.1) is 11.4 Å². The van der Waals surface area contributed by atoms with E-state index in [4.69, 9.17) is 11.6 Å². The molecule has 0 spiro atoms. The summed E-state index contributed by atoms with van der Waals surface area (Å²) in [5.74, 6) is 0. The second-order valence-electron chi connectivity index (χ2n) is 3.28. The van der Waals surface area contributed by atoms with E-state index in [9.17, 15) is 4.79 Å². The molecule has 1 aromatic heterocycles. The van der Waals surface area contributed by atoms with Crippen LogP contribution in [0.4, 0.5) is 0 Å². The molecule has 0 aliphatic rings. The van der Waals surface area contributed by atoms with Gasteiger partial charge in [0.1, 0.15) is 5.69 Å². The SMILES string of the molecule is CCc1c(C=O)nnn1-c1ccc(Cl)cc1. The lowest BCUT2D eigenvalue weighted by atomic mass is 10.2. The van der Waals surface area contributed by atoms with Crippen LogP contribution in [0.25, 0.3) is 5.69 Å². The molecule has 0 N–H and O–H groups in total. The predicted octanol–water partition coefficient (Wildman–Crippen LogP) is 2.30. The molecular weight excluding hydrogens is 226 g/mol. The fourth-order valence-electron chi connectivity index (χ4n) is 1.53. The van der Waals surface area contributed by atoms with Crippen molar-refractivity contribution in [2.45, 2.75) is 13.3 Å². The van der Waals surface area contributed by atoms with E-state index in [1.807, 2.05) is 19.1 Å². The van der Waals surface area contributed by atoms with Crippen molar-refractivity contribution in [1.82, 2.24) is 15.0 Å². The molecule has 5 heteroatoms. The van der Waals surface area contributed by atoms with Gasteiger partial charge in [-0.1, -0.05) is 23.7 Å². The highest BCUT2D eigenvalue weighted by atomic mass is 35.5. The predicted molar refractivity (Wildman–Crippen MR) is 61.1 cm³/mol. The number of rotatable bonds is 3. The summed E-state index contributed by atoms with van der Waals surface area (Å²) in [6.45, 7) is 1.96. The zero-order chi connectivity index (χ0) is 11.5. The standard InChI is InChI=1S/C11H10ClN3O/c1-2-11-10(7-16)13-14-15(11)9-5-3-8(12)4-6-9/h3-7H,2H2,1H3. The van der Waals surface area contributed by atoms with Gasteiger partial charge in [-0.05, 0) is 30.7 Å². The van der Waals surface area contributed by atoms with Crippen molar-refractivity contribution in [1.29, 1.82) is 0 Å². The number of hydrogen-bond donors (Lipinski definition) is 0. The van der Waals surface area contributed by atoms with Gasteiger partial charge in [0, 0.05) is 5.02 Å². The number of nitrogens with zero attached hydrogens (tertiary/aromatic N) is 3. The van der Waals surface area contributed by atoms with Gasteiger partial charge >= 0.3 is 0 Å². The van der Waals surface area contributed by atoms with Gasteiger partial charge in [0.2, 0.25) is 0 Å². The summed E-state index contributed by atoms with van der Waals surface area (Å²) in [6, 6.07) is 7.23. The topological polar surface area (TPSA) is 47.8 Å². The fourth-order valence-corrected chi connectivity index (χ4v) is 1.65. The van der Waals surface area contributed by atoms with Crippen LogP contribution in [0.3, 0.4) is 0 Å². The Morgan fingerprint density at radius 3 is 2.62 bits per heavy atom. The molecule has 0 fully saturated rings. The molecule has 0 atom stereocenters. The molecule has 0 aliphatic carbocycles. The molecule has 2 aromatic rings. The molecule has 1 aromatic carbocycles. The molecule has 4 nitrogen and oxygen atoms in total. The Morgan fingerprint density at radius 1 is 1.38 bits per heavy atom. The van der Waals surface area contributed by atoms with Crippen LogP contribution >= 0.6 is 11.6 Å². The normalized spacial score (nSPS) is 10.4. The number of benzene rings is 1. The maximum absolute atomic E-state index is 10.7. The Labute approximate surface area is 97.8 Å². The minimum Gasteiger partial charge on any atom is -0.296 e. The van der Waals surface area contributed by atoms with E-state index < -0.39 is 0 Å². The van der Waals surface area contributed by atoms with Crippen LogP contribution in [0, 0.1) is 0 Å². The molecule has 0 amide bonds. The summed E-state index contributed by atoms with van der Waals surface area (Å²) in [6.07, 6.45) is 1.42. The average Bonchev–Trinajstić information content (AvgIpc) is 2.72. The smallest absolute Gasteiger partial charge is 0.172 e. The van der Waals surface area contributed by atoms with Gasteiger partial charge in [-0.25, -0.2) is 4.68 Å². The lowest BCUT2D eigenvalue weighted by Gasteiger charge is -2.04. The Bertz CT molecular complexity index is 504. The quantitative estimate of drug-likeness (QED) is 0.767. The summed E-state index contributed by atoms with van der Waals surface area (Å²) < 4.78 is 1.65. The molecular formula is C11H10ClN3O. The third kappa shape index (κ3) is 1.84. The number of carbonyl (C=O) groups is 1. The summed E-state index contributed by atoms with van der Waals surface area (Å²) in [5.41, 5.74) is 2.04. The first-order valence-electron chi connectivity index (χ1n) is 4.92. The van der Waals surface area contributed by atoms with Gasteiger partial charge in [0.25, 0.3) is 0 Å². The highest BCUT2D eigenvalue weighted by Gasteiger charge is 2.11. The summed E-state index contributed by atoms with van der Waals surface area (Å²) >= 11 is 5.80. The van der Waals surface area contributed by atoms with Crippen LogP contribution in [-0.4, -0.2) is 21.3 Å². The van der Waals surface area contributed by atoms with Crippen LogP contribution in [0.5, 0.6) is 0 Å². The first-order valence-corrected chi connectivity index (χ1v) is 5.29. The monoisotopic (exact) mass is 235 g/mol. The van der Waals surface area contributed by atoms with Crippen molar-refractivity contribution in [2.24, 2.45) is 0 Å². The van der Waals surface area contributed by atoms with Crippen LogP contribution in [0.2, 0.25) is 5.02 Å². The number of halogens is 1. The van der Waals surface area contributed by atoms with Gasteiger partial charge in [-0.15, -0.1) is 5.10 Å². The molecule has 1 heterocycles. The maximum atomic E-state index is 10.7. The van der Waals surface area contributed by atoms with Crippen molar-refractivity contribution < 1.29 is 4.79 Å². The molecule has 0 aliphatic heterocycles. The van der Waals surface area contributed by atoms with Gasteiger partial charge in [-0.3, -0.25) is 4.79 Å². The molecule has 2 rings (SSSR count). The molecule has 0 radical (unpaired) electrons. The van der Waals surface area contributed by atoms with E-state index in [-0.39, 0.29) is 0 Å². The van der Waals surface area contributed by atoms with E-state index in [1.165, 1.54) is 0 Å². The van der Waals surface area contributed by atoms with Crippen molar-refractivity contribution in [3.63, 3.8) is 0 Å². The van der Waals surface area contributed by atoms with E-state index in [2.05, 4.69) is 10.3 Å². The minimum atomic E-state index is 0.387. The number of hydrogen-bond acceptors (Lipinski definition) is 3. The summed E-state index contributed by atoms with van der Waals surface area (Å²) in [7, 11) is 0. The van der Waals surface area contributed by atoms with Crippen molar-refractivity contribution >= 4 is 17.9 Å². The number of aldehydes is 1. The highest BCUT2D eigenvalue weighted by molar-refractivity contribution is 6.30. The molecule has 0 unspecified atom stereocenters. The third-order valence-electron chi connectivity index (χ3n) is 2.31. The molecule has 0 saturated heterocycles. The molecule has 16 heavy (non-hydrogen) atoms. The Hall–Kier alpha value is -1.68. The van der Waals surface area contributed by atoms with Crippen LogP contribution in [0.15, 0.2) is 24.3 Å². The zero-order valence-electron chi connectivity index (χ0n) is 8.72. The Morgan fingerprint density at radius 2 is 2.06 bits per heavy atom. The minimum absolute atomic E-state index is 0.387. The summed E-state index contributed by atoms with van der Waals surface area (Å²) in [4.78, 5) is 10.7. The zero-order valence-corrected chi connectivity index (χ0v) is 9.48. The van der Waals surface area contributed by atoms with Gasteiger partial charge in [-0.2, -0.15) is 0 Å². The van der Waals surface area contributed by atoms with E-state index in [1.54, 1.807) is 16.8 Å². The second-order valence-corrected chi connectivity index (χ2v) is 3.72. The fraction of sp³-hybridized carbons (Fsp3) is 0.182. The van der Waals surface area contributed by atoms with E-state index >= 15 is 0 Å². The maximum Gasteiger partial charge on any atom is 0.172 e. The lowest BCUT2D eigenvalue weighted by molar-refractivity contribution is 0.111. The van der Waals surface area contributed by atoms with Crippen LogP contribution in [-0.2, 0) is 6.42 Å². The Balaban J connectivity index is 2.51. The largest absolute Gasteiger partial charge is 0.296 e. The van der Waals surface area contributed by atoms with Crippen molar-refractivity contribution in [2.75, 3.05) is 0 Å². The highest BCUT2D eigenvalue weighted by Crippen LogP contribution is 2.15. The second kappa shape index (κ2) is 4.45. The van der Waals surface area contributed by atoms with Crippen LogP contribution in [0.1, 0.15) is 23.1 Å². The average molecular weight is 236 g/mol. The molecule has 0 saturated carbocycles. The van der Waals surface area contributed by atoms with Crippen LogP contribution < -0.4 is 0 Å². The van der Waals surface area contributed by atoms with Gasteiger partial charge < -0.3 is 0 Å². The van der Waals surface area contributed by atoms with Crippen molar-refractivity contribution in [3.8, 4) is 5.69 Å². The lowest BCUT2D eigenvalue weighted by Crippen LogP contribution is -2.02. The molecule has 82 valence electrons. The number of carbonyl (C=O) groups excluding carboxylic acids is 1. The first-order chi connectivity index (χ1) is 7.76. The van der Waals surface area contributed by atoms with E-state index in [0.717, 1.165) is 17.7 Å². The first kappa shape index (κ1) is 10.8. The third-order valence-corrected chi connectivity index (χ3v) is 2.56.